The first-order valence-corrected chi connectivity index (χ1v) is 6.57. The van der Waals surface area contributed by atoms with E-state index in [0.29, 0.717) is 0 Å². The highest BCUT2D eigenvalue weighted by molar-refractivity contribution is 6.40. The molecule has 0 bridgehead atoms. The van der Waals surface area contributed by atoms with Crippen molar-refractivity contribution < 1.29 is 0 Å². The van der Waals surface area contributed by atoms with Gasteiger partial charge in [0.25, 0.3) is 0 Å². The smallest absolute Gasteiger partial charge is 0.0607 e. The molecule has 0 aliphatic heterocycles. The average molecular weight is 228 g/mol. The Morgan fingerprint density at radius 3 is 1.35 bits per heavy atom. The lowest BCUT2D eigenvalue weighted by molar-refractivity contribution is 0.358. The summed E-state index contributed by atoms with van der Waals surface area (Å²) in [6.07, 6.45) is 0. The van der Waals surface area contributed by atoms with Gasteiger partial charge in [0.2, 0.25) is 0 Å². The Balaban J connectivity index is 3.12. The molecule has 0 aliphatic carbocycles. The van der Waals surface area contributed by atoms with Gasteiger partial charge in [0.1, 0.15) is 15.7 Å². The summed E-state index contributed by atoms with van der Waals surface area (Å²) >= 11 is 0. The van der Waals surface area contributed by atoms with Crippen LogP contribution in [0.3, 0.4) is 0 Å². The molecule has 0 radical (unpaired) electrons. The SMILES string of the molecule is BC(B)(c1ccc(C(C)(C)C)cc1)C(C)(C)C. The molecule has 0 amide bonds. The molecule has 0 spiro atoms. The molecule has 0 saturated heterocycles. The Bertz CT molecular complexity index is 375. The second-order valence-corrected chi connectivity index (χ2v) is 7.70. The van der Waals surface area contributed by atoms with Gasteiger partial charge in [-0.2, -0.15) is 0 Å². The zero-order valence-corrected chi connectivity index (χ0v) is 12.8. The Hall–Kier alpha value is -0.650. The van der Waals surface area contributed by atoms with Crippen LogP contribution in [0.2, 0.25) is 0 Å². The lowest BCUT2D eigenvalue weighted by Crippen LogP contribution is -2.41. The van der Waals surface area contributed by atoms with E-state index in [1.165, 1.54) is 11.1 Å². The summed E-state index contributed by atoms with van der Waals surface area (Å²) in [5.74, 6) is 0. The molecule has 1 aromatic rings. The minimum absolute atomic E-state index is 0.198. The minimum Gasteiger partial charge on any atom is -0.0607 e. The number of benzene rings is 1. The molecule has 1 rings (SSSR count). The van der Waals surface area contributed by atoms with Crippen LogP contribution in [-0.2, 0) is 10.6 Å². The standard InChI is InChI=1S/C15H26B2/c1-13(2,3)11-7-9-12(10-8-11)15(16,17)14(4,5)6/h7-10H,16-17H2,1-6H3. The van der Waals surface area contributed by atoms with Gasteiger partial charge in [-0.15, -0.1) is 0 Å². The Kier molecular flexibility index (Phi) is 3.58. The molecule has 0 saturated carbocycles. The molecular weight excluding hydrogens is 202 g/mol. The number of rotatable bonds is 1. The van der Waals surface area contributed by atoms with E-state index in [-0.39, 0.29) is 16.0 Å². The van der Waals surface area contributed by atoms with Crippen LogP contribution in [0.25, 0.3) is 0 Å². The average Bonchev–Trinajstić information content (AvgIpc) is 2.15. The summed E-state index contributed by atoms with van der Waals surface area (Å²) in [6.45, 7) is 13.7. The second kappa shape index (κ2) is 4.23. The van der Waals surface area contributed by atoms with Gasteiger partial charge < -0.3 is 0 Å². The molecule has 1 aromatic carbocycles. The Labute approximate surface area is 109 Å². The summed E-state index contributed by atoms with van der Waals surface area (Å²) in [5, 5.41) is 0.198. The van der Waals surface area contributed by atoms with Gasteiger partial charge in [0.05, 0.1) is 0 Å². The Morgan fingerprint density at radius 2 is 1.06 bits per heavy atom. The van der Waals surface area contributed by atoms with Gasteiger partial charge in [0, 0.05) is 0 Å². The quantitative estimate of drug-likeness (QED) is 0.647. The first-order chi connectivity index (χ1) is 7.46. The van der Waals surface area contributed by atoms with Gasteiger partial charge in [-0.05, 0) is 16.4 Å². The lowest BCUT2D eigenvalue weighted by atomic mass is 9.41. The van der Waals surface area contributed by atoms with Crippen molar-refractivity contribution in [2.45, 2.75) is 52.2 Å². The van der Waals surface area contributed by atoms with E-state index in [1.54, 1.807) is 0 Å². The molecule has 0 heterocycles. The van der Waals surface area contributed by atoms with Crippen LogP contribution < -0.4 is 0 Å². The van der Waals surface area contributed by atoms with E-state index in [2.05, 4.69) is 81.5 Å². The van der Waals surface area contributed by atoms with Crippen LogP contribution >= 0.6 is 0 Å². The van der Waals surface area contributed by atoms with Crippen LogP contribution in [0.1, 0.15) is 52.7 Å². The van der Waals surface area contributed by atoms with E-state index in [1.807, 2.05) is 0 Å². The lowest BCUT2D eigenvalue weighted by Gasteiger charge is -2.40. The summed E-state index contributed by atoms with van der Waals surface area (Å²) < 4.78 is 0. The third kappa shape index (κ3) is 2.97. The van der Waals surface area contributed by atoms with E-state index >= 15 is 0 Å². The fourth-order valence-corrected chi connectivity index (χ4v) is 1.82. The maximum atomic E-state index is 2.33. The zero-order valence-electron chi connectivity index (χ0n) is 12.8. The molecule has 0 unspecified atom stereocenters. The van der Waals surface area contributed by atoms with E-state index in [4.69, 9.17) is 0 Å². The van der Waals surface area contributed by atoms with Crippen molar-refractivity contribution in [3.8, 4) is 0 Å². The Morgan fingerprint density at radius 1 is 0.706 bits per heavy atom. The van der Waals surface area contributed by atoms with Gasteiger partial charge in [-0.3, -0.25) is 0 Å². The van der Waals surface area contributed by atoms with E-state index in [9.17, 15) is 0 Å². The van der Waals surface area contributed by atoms with Crippen LogP contribution in [-0.4, -0.2) is 15.7 Å². The van der Waals surface area contributed by atoms with E-state index in [0.717, 1.165) is 0 Å². The highest BCUT2D eigenvalue weighted by atomic mass is 14.3. The van der Waals surface area contributed by atoms with Crippen molar-refractivity contribution in [3.63, 3.8) is 0 Å². The summed E-state index contributed by atoms with van der Waals surface area (Å²) in [6, 6.07) is 9.16. The molecule has 0 fully saturated rings. The summed E-state index contributed by atoms with van der Waals surface area (Å²) in [5.41, 5.74) is 3.35. The van der Waals surface area contributed by atoms with Crippen molar-refractivity contribution in [1.29, 1.82) is 0 Å². The van der Waals surface area contributed by atoms with Crippen molar-refractivity contribution in [3.05, 3.63) is 35.4 Å². The second-order valence-electron chi connectivity index (χ2n) is 7.70. The predicted octanol–water partition coefficient (Wildman–Crippen LogP) is 2.45. The topological polar surface area (TPSA) is 0 Å². The van der Waals surface area contributed by atoms with Gasteiger partial charge in [-0.1, -0.05) is 76.6 Å². The van der Waals surface area contributed by atoms with Crippen LogP contribution in [0.4, 0.5) is 0 Å². The first kappa shape index (κ1) is 14.4. The predicted molar refractivity (Wildman–Crippen MR) is 83.4 cm³/mol. The van der Waals surface area contributed by atoms with Gasteiger partial charge in [0.15, 0.2) is 0 Å². The largest absolute Gasteiger partial charge is 0.105 e. The summed E-state index contributed by atoms with van der Waals surface area (Å²) in [7, 11) is 4.66. The highest BCUT2D eigenvalue weighted by Gasteiger charge is 2.34. The fourth-order valence-electron chi connectivity index (χ4n) is 1.82. The third-order valence-electron chi connectivity index (χ3n) is 4.35. The minimum atomic E-state index is 0.198. The third-order valence-corrected chi connectivity index (χ3v) is 4.35. The summed E-state index contributed by atoms with van der Waals surface area (Å²) in [4.78, 5) is 0. The molecule has 0 atom stereocenters. The van der Waals surface area contributed by atoms with Crippen LogP contribution in [0, 0.1) is 5.41 Å². The number of hydrogen-bond donors (Lipinski definition) is 0. The number of hydrogen-bond acceptors (Lipinski definition) is 0. The maximum absolute atomic E-state index is 2.33. The molecule has 92 valence electrons. The van der Waals surface area contributed by atoms with Gasteiger partial charge in [-0.25, -0.2) is 0 Å². The van der Waals surface area contributed by atoms with E-state index < -0.39 is 0 Å². The molecular formula is C15H26B2. The molecule has 0 N–H and O–H groups in total. The normalized spacial score (nSPS) is 13.8. The molecule has 17 heavy (non-hydrogen) atoms. The van der Waals surface area contributed by atoms with Crippen molar-refractivity contribution in [2.24, 2.45) is 5.41 Å². The van der Waals surface area contributed by atoms with Crippen molar-refractivity contribution in [1.82, 2.24) is 0 Å². The zero-order chi connectivity index (χ0) is 13.5. The first-order valence-electron chi connectivity index (χ1n) is 6.57. The molecule has 0 aliphatic rings. The van der Waals surface area contributed by atoms with Crippen molar-refractivity contribution >= 4 is 15.7 Å². The van der Waals surface area contributed by atoms with Gasteiger partial charge >= 0.3 is 0 Å². The van der Waals surface area contributed by atoms with Crippen molar-refractivity contribution in [2.75, 3.05) is 0 Å². The highest BCUT2D eigenvalue weighted by Crippen LogP contribution is 2.36. The monoisotopic (exact) mass is 228 g/mol. The fraction of sp³-hybridized carbons (Fsp3) is 0.600. The maximum Gasteiger partial charge on any atom is 0.105 e. The molecule has 0 aromatic heterocycles. The molecule has 2 heteroatoms. The van der Waals surface area contributed by atoms with Crippen LogP contribution in [0.15, 0.2) is 24.3 Å². The molecule has 0 nitrogen and oxygen atoms in total. The van der Waals surface area contributed by atoms with Crippen LogP contribution in [0.5, 0.6) is 0 Å².